The third-order valence-corrected chi connectivity index (χ3v) is 3.35. The van der Waals surface area contributed by atoms with Crippen LogP contribution in [0, 0.1) is 0 Å². The SMILES string of the molecule is CC1(CC2(C)CCCO2)CCCO1. The Labute approximate surface area is 80.6 Å². The summed E-state index contributed by atoms with van der Waals surface area (Å²) in [6, 6.07) is 0. The van der Waals surface area contributed by atoms with Gasteiger partial charge in [-0.3, -0.25) is 0 Å². The normalized spacial score (nSPS) is 45.7. The van der Waals surface area contributed by atoms with E-state index in [2.05, 4.69) is 13.8 Å². The van der Waals surface area contributed by atoms with Crippen LogP contribution in [0.3, 0.4) is 0 Å². The first kappa shape index (κ1) is 9.47. The van der Waals surface area contributed by atoms with Crippen LogP contribution in [0.15, 0.2) is 0 Å². The lowest BCUT2D eigenvalue weighted by molar-refractivity contribution is -0.0697. The average molecular weight is 184 g/mol. The first-order valence-corrected chi connectivity index (χ1v) is 5.40. The average Bonchev–Trinajstić information content (AvgIpc) is 2.60. The topological polar surface area (TPSA) is 18.5 Å². The maximum atomic E-state index is 5.79. The molecular formula is C11H20O2. The summed E-state index contributed by atoms with van der Waals surface area (Å²) in [4.78, 5) is 0. The van der Waals surface area contributed by atoms with Crippen molar-refractivity contribution in [3.8, 4) is 0 Å². The van der Waals surface area contributed by atoms with Gasteiger partial charge in [0.05, 0.1) is 11.2 Å². The molecule has 0 radical (unpaired) electrons. The Kier molecular flexibility index (Phi) is 2.37. The van der Waals surface area contributed by atoms with Gasteiger partial charge in [-0.1, -0.05) is 0 Å². The molecule has 2 heteroatoms. The van der Waals surface area contributed by atoms with Crippen molar-refractivity contribution >= 4 is 0 Å². The van der Waals surface area contributed by atoms with Crippen molar-refractivity contribution in [1.29, 1.82) is 0 Å². The molecule has 0 saturated carbocycles. The second-order valence-corrected chi connectivity index (χ2v) is 4.98. The van der Waals surface area contributed by atoms with Crippen LogP contribution in [0.5, 0.6) is 0 Å². The molecule has 0 spiro atoms. The first-order valence-electron chi connectivity index (χ1n) is 5.40. The van der Waals surface area contributed by atoms with E-state index in [-0.39, 0.29) is 11.2 Å². The Morgan fingerprint density at radius 2 is 1.38 bits per heavy atom. The molecular weight excluding hydrogens is 164 g/mol. The van der Waals surface area contributed by atoms with Crippen molar-refractivity contribution in [1.82, 2.24) is 0 Å². The summed E-state index contributed by atoms with van der Waals surface area (Å²) in [6.07, 6.45) is 5.90. The van der Waals surface area contributed by atoms with E-state index in [0.717, 1.165) is 19.6 Å². The standard InChI is InChI=1S/C11H20O2/c1-10(5-3-7-12-10)9-11(2)6-4-8-13-11/h3-9H2,1-2H3. The molecule has 2 heterocycles. The minimum atomic E-state index is 0.0963. The van der Waals surface area contributed by atoms with Gasteiger partial charge in [-0.15, -0.1) is 0 Å². The maximum Gasteiger partial charge on any atom is 0.0682 e. The zero-order chi connectivity index (χ0) is 9.36. The number of rotatable bonds is 2. The maximum absolute atomic E-state index is 5.79. The summed E-state index contributed by atoms with van der Waals surface area (Å²) >= 11 is 0. The third-order valence-electron chi connectivity index (χ3n) is 3.35. The lowest BCUT2D eigenvalue weighted by atomic mass is 9.86. The van der Waals surface area contributed by atoms with Gasteiger partial charge in [-0.05, 0) is 39.5 Å². The first-order chi connectivity index (χ1) is 6.12. The number of ether oxygens (including phenoxy) is 2. The molecule has 0 N–H and O–H groups in total. The summed E-state index contributed by atoms with van der Waals surface area (Å²) in [5, 5.41) is 0. The minimum absolute atomic E-state index is 0.0963. The number of hydrogen-bond donors (Lipinski definition) is 0. The van der Waals surface area contributed by atoms with E-state index in [4.69, 9.17) is 9.47 Å². The molecule has 0 aromatic carbocycles. The zero-order valence-corrected chi connectivity index (χ0v) is 8.77. The Morgan fingerprint density at radius 3 is 1.69 bits per heavy atom. The smallest absolute Gasteiger partial charge is 0.0682 e. The van der Waals surface area contributed by atoms with E-state index < -0.39 is 0 Å². The molecule has 2 rings (SSSR count). The van der Waals surface area contributed by atoms with Gasteiger partial charge in [0, 0.05) is 19.6 Å². The monoisotopic (exact) mass is 184 g/mol. The molecule has 2 fully saturated rings. The molecule has 0 aliphatic carbocycles. The van der Waals surface area contributed by atoms with Crippen LogP contribution < -0.4 is 0 Å². The molecule has 2 unspecified atom stereocenters. The Bertz CT molecular complexity index is 157. The summed E-state index contributed by atoms with van der Waals surface area (Å²) < 4.78 is 11.6. The summed E-state index contributed by atoms with van der Waals surface area (Å²) in [5.74, 6) is 0. The quantitative estimate of drug-likeness (QED) is 0.656. The lowest BCUT2D eigenvalue weighted by Gasteiger charge is -2.33. The van der Waals surface area contributed by atoms with Gasteiger partial charge in [0.25, 0.3) is 0 Å². The fraction of sp³-hybridized carbons (Fsp3) is 1.00. The predicted octanol–water partition coefficient (Wildman–Crippen LogP) is 2.51. The van der Waals surface area contributed by atoms with Gasteiger partial charge < -0.3 is 9.47 Å². The fourth-order valence-corrected chi connectivity index (χ4v) is 2.74. The van der Waals surface area contributed by atoms with Crippen LogP contribution >= 0.6 is 0 Å². The Hall–Kier alpha value is -0.0800. The highest BCUT2D eigenvalue weighted by atomic mass is 16.5. The van der Waals surface area contributed by atoms with Crippen molar-refractivity contribution in [2.45, 2.75) is 57.2 Å². The molecule has 0 aromatic rings. The van der Waals surface area contributed by atoms with Gasteiger partial charge in [-0.2, -0.15) is 0 Å². The summed E-state index contributed by atoms with van der Waals surface area (Å²) in [6.45, 7) is 6.33. The van der Waals surface area contributed by atoms with Crippen LogP contribution in [0.1, 0.15) is 46.0 Å². The molecule has 0 aromatic heterocycles. The molecule has 2 saturated heterocycles. The van der Waals surface area contributed by atoms with E-state index >= 15 is 0 Å². The minimum Gasteiger partial charge on any atom is -0.375 e. The van der Waals surface area contributed by atoms with E-state index in [9.17, 15) is 0 Å². The molecule has 2 aliphatic heterocycles. The second-order valence-electron chi connectivity index (χ2n) is 4.98. The lowest BCUT2D eigenvalue weighted by Crippen LogP contribution is -2.36. The Balaban J connectivity index is 1.95. The van der Waals surface area contributed by atoms with Crippen LogP contribution in [-0.4, -0.2) is 24.4 Å². The van der Waals surface area contributed by atoms with E-state index in [0.29, 0.717) is 0 Å². The van der Waals surface area contributed by atoms with E-state index in [1.807, 2.05) is 0 Å². The predicted molar refractivity (Wildman–Crippen MR) is 51.8 cm³/mol. The van der Waals surface area contributed by atoms with Crippen molar-refractivity contribution in [3.05, 3.63) is 0 Å². The molecule has 2 aliphatic rings. The summed E-state index contributed by atoms with van der Waals surface area (Å²) in [7, 11) is 0. The Morgan fingerprint density at radius 1 is 0.923 bits per heavy atom. The molecule has 2 nitrogen and oxygen atoms in total. The fourth-order valence-electron chi connectivity index (χ4n) is 2.74. The summed E-state index contributed by atoms with van der Waals surface area (Å²) in [5.41, 5.74) is 0.193. The molecule has 2 atom stereocenters. The second kappa shape index (κ2) is 3.25. The van der Waals surface area contributed by atoms with Gasteiger partial charge in [0.1, 0.15) is 0 Å². The van der Waals surface area contributed by atoms with Gasteiger partial charge in [-0.25, -0.2) is 0 Å². The van der Waals surface area contributed by atoms with Gasteiger partial charge in [0.2, 0.25) is 0 Å². The van der Waals surface area contributed by atoms with Gasteiger partial charge >= 0.3 is 0 Å². The van der Waals surface area contributed by atoms with E-state index in [1.165, 1.54) is 25.7 Å². The van der Waals surface area contributed by atoms with Crippen LogP contribution in [0.25, 0.3) is 0 Å². The van der Waals surface area contributed by atoms with Crippen LogP contribution in [0.4, 0.5) is 0 Å². The van der Waals surface area contributed by atoms with Gasteiger partial charge in [0.15, 0.2) is 0 Å². The third kappa shape index (κ3) is 2.05. The molecule has 13 heavy (non-hydrogen) atoms. The largest absolute Gasteiger partial charge is 0.375 e. The van der Waals surface area contributed by atoms with Crippen LogP contribution in [-0.2, 0) is 9.47 Å². The van der Waals surface area contributed by atoms with Crippen molar-refractivity contribution in [2.24, 2.45) is 0 Å². The van der Waals surface area contributed by atoms with Crippen molar-refractivity contribution in [2.75, 3.05) is 13.2 Å². The molecule has 0 bridgehead atoms. The highest BCUT2D eigenvalue weighted by Gasteiger charge is 2.40. The van der Waals surface area contributed by atoms with Crippen molar-refractivity contribution < 1.29 is 9.47 Å². The van der Waals surface area contributed by atoms with E-state index in [1.54, 1.807) is 0 Å². The molecule has 76 valence electrons. The number of hydrogen-bond acceptors (Lipinski definition) is 2. The van der Waals surface area contributed by atoms with Crippen molar-refractivity contribution in [3.63, 3.8) is 0 Å². The highest BCUT2D eigenvalue weighted by Crippen LogP contribution is 2.39. The zero-order valence-electron chi connectivity index (χ0n) is 8.77. The van der Waals surface area contributed by atoms with Crippen LogP contribution in [0.2, 0.25) is 0 Å². The highest BCUT2D eigenvalue weighted by molar-refractivity contribution is 4.91. The molecule has 0 amide bonds.